The number of hydrogen-bond acceptors (Lipinski definition) is 6. The van der Waals surface area contributed by atoms with Gasteiger partial charge in [0, 0.05) is 13.0 Å². The number of esters is 2. The number of carbonyl (C=O) groups is 3. The first kappa shape index (κ1) is 19.4. The van der Waals surface area contributed by atoms with Crippen molar-refractivity contribution < 1.29 is 28.6 Å². The first-order chi connectivity index (χ1) is 13.4. The van der Waals surface area contributed by atoms with Gasteiger partial charge in [-0.3, -0.25) is 9.59 Å². The van der Waals surface area contributed by atoms with Gasteiger partial charge in [0.05, 0.1) is 31.4 Å². The van der Waals surface area contributed by atoms with Gasteiger partial charge in [-0.15, -0.1) is 0 Å². The van der Waals surface area contributed by atoms with Crippen LogP contribution in [-0.2, 0) is 14.3 Å². The van der Waals surface area contributed by atoms with Crippen LogP contribution < -0.4 is 14.4 Å². The molecule has 1 saturated heterocycles. The van der Waals surface area contributed by atoms with Crippen molar-refractivity contribution in [3.05, 3.63) is 53.6 Å². The molecular formula is C21H21NO6. The van der Waals surface area contributed by atoms with E-state index in [1.165, 1.54) is 31.4 Å². The maximum Gasteiger partial charge on any atom is 0.337 e. The van der Waals surface area contributed by atoms with Crippen molar-refractivity contribution in [2.75, 3.05) is 25.7 Å². The lowest BCUT2D eigenvalue weighted by molar-refractivity contribution is -0.139. The smallest absolute Gasteiger partial charge is 0.337 e. The minimum absolute atomic E-state index is 0.0656. The number of hydrogen-bond donors (Lipinski definition) is 0. The quantitative estimate of drug-likeness (QED) is 0.583. The second kappa shape index (κ2) is 8.12. The molecule has 0 unspecified atom stereocenters. The van der Waals surface area contributed by atoms with Crippen molar-refractivity contribution in [3.63, 3.8) is 0 Å². The number of anilines is 1. The van der Waals surface area contributed by atoms with Crippen molar-refractivity contribution in [1.29, 1.82) is 0 Å². The zero-order chi connectivity index (χ0) is 20.3. The molecule has 0 radical (unpaired) electrons. The van der Waals surface area contributed by atoms with Crippen LogP contribution >= 0.6 is 0 Å². The molecule has 1 aliphatic heterocycles. The fourth-order valence-electron chi connectivity index (χ4n) is 3.09. The van der Waals surface area contributed by atoms with Crippen LogP contribution in [0.15, 0.2) is 42.5 Å². The summed E-state index contributed by atoms with van der Waals surface area (Å²) in [5, 5.41) is 0. The molecule has 28 heavy (non-hydrogen) atoms. The minimum Gasteiger partial charge on any atom is -0.495 e. The predicted octanol–water partition coefficient (Wildman–Crippen LogP) is 2.75. The lowest BCUT2D eigenvalue weighted by Crippen LogP contribution is -2.27. The van der Waals surface area contributed by atoms with E-state index < -0.39 is 17.9 Å². The van der Waals surface area contributed by atoms with Crippen LogP contribution in [0.1, 0.15) is 22.3 Å². The molecule has 0 bridgehead atoms. The topological polar surface area (TPSA) is 82.1 Å². The van der Waals surface area contributed by atoms with Crippen molar-refractivity contribution in [3.8, 4) is 11.5 Å². The van der Waals surface area contributed by atoms with Crippen LogP contribution in [0.3, 0.4) is 0 Å². The molecule has 1 aliphatic rings. The summed E-state index contributed by atoms with van der Waals surface area (Å²) in [4.78, 5) is 38.0. The SMILES string of the molecule is COC(=O)c1ccc(OC(=O)[C@@H]2CC(=O)N(c3cc(C)ccc3OC)C2)cc1. The second-order valence-corrected chi connectivity index (χ2v) is 6.52. The Hall–Kier alpha value is -3.35. The average molecular weight is 383 g/mol. The first-order valence-electron chi connectivity index (χ1n) is 8.78. The normalized spacial score (nSPS) is 16.0. The third-order valence-corrected chi connectivity index (χ3v) is 4.58. The average Bonchev–Trinajstić information content (AvgIpc) is 3.09. The standard InChI is InChI=1S/C21H21NO6/c1-13-4-9-18(26-2)17(10-13)22-12-15(11-19(22)23)21(25)28-16-7-5-14(6-8-16)20(24)27-3/h4-10,15H,11-12H2,1-3H3/t15-/m1/s1. The van der Waals surface area contributed by atoms with Crippen LogP contribution in [0, 0.1) is 12.8 Å². The third-order valence-electron chi connectivity index (χ3n) is 4.58. The van der Waals surface area contributed by atoms with Crippen molar-refractivity contribution in [2.24, 2.45) is 5.92 Å². The minimum atomic E-state index is -0.585. The van der Waals surface area contributed by atoms with Gasteiger partial charge in [-0.2, -0.15) is 0 Å². The number of methoxy groups -OCH3 is 2. The van der Waals surface area contributed by atoms with E-state index in [9.17, 15) is 14.4 Å². The summed E-state index contributed by atoms with van der Waals surface area (Å²) >= 11 is 0. The molecule has 146 valence electrons. The second-order valence-electron chi connectivity index (χ2n) is 6.52. The fraction of sp³-hybridized carbons (Fsp3) is 0.286. The third kappa shape index (κ3) is 3.98. The molecule has 0 aromatic heterocycles. The number of aryl methyl sites for hydroxylation is 1. The Morgan fingerprint density at radius 1 is 1.07 bits per heavy atom. The Morgan fingerprint density at radius 2 is 1.79 bits per heavy atom. The van der Waals surface area contributed by atoms with E-state index in [2.05, 4.69) is 4.74 Å². The molecule has 0 spiro atoms. The van der Waals surface area contributed by atoms with Gasteiger partial charge >= 0.3 is 11.9 Å². The molecule has 2 aromatic carbocycles. The summed E-state index contributed by atoms with van der Waals surface area (Å²) < 4.78 is 15.4. The van der Waals surface area contributed by atoms with Crippen LogP contribution in [0.4, 0.5) is 5.69 Å². The molecule has 7 heteroatoms. The lowest BCUT2D eigenvalue weighted by atomic mass is 10.1. The Morgan fingerprint density at radius 3 is 2.43 bits per heavy atom. The predicted molar refractivity (Wildman–Crippen MR) is 102 cm³/mol. The van der Waals surface area contributed by atoms with E-state index in [4.69, 9.17) is 9.47 Å². The Balaban J connectivity index is 1.70. The van der Waals surface area contributed by atoms with E-state index >= 15 is 0 Å². The van der Waals surface area contributed by atoms with E-state index in [1.54, 1.807) is 18.1 Å². The number of ether oxygens (including phenoxy) is 3. The summed E-state index contributed by atoms with van der Waals surface area (Å²) in [5.74, 6) is -0.830. The molecule has 1 atom stereocenters. The monoisotopic (exact) mass is 383 g/mol. The number of rotatable bonds is 5. The van der Waals surface area contributed by atoms with Crippen molar-refractivity contribution >= 4 is 23.5 Å². The van der Waals surface area contributed by atoms with Crippen LogP contribution in [-0.4, -0.2) is 38.6 Å². The summed E-state index contributed by atoms with van der Waals surface area (Å²) in [7, 11) is 2.83. The number of carbonyl (C=O) groups excluding carboxylic acids is 3. The highest BCUT2D eigenvalue weighted by Crippen LogP contribution is 2.34. The summed E-state index contributed by atoms with van der Waals surface area (Å²) in [6, 6.07) is 11.6. The Bertz CT molecular complexity index is 906. The first-order valence-corrected chi connectivity index (χ1v) is 8.78. The zero-order valence-corrected chi connectivity index (χ0v) is 15.9. The maximum absolute atomic E-state index is 12.5. The summed E-state index contributed by atoms with van der Waals surface area (Å²) in [6.07, 6.45) is 0.0656. The molecular weight excluding hydrogens is 362 g/mol. The molecule has 7 nitrogen and oxygen atoms in total. The summed E-state index contributed by atoms with van der Waals surface area (Å²) in [6.45, 7) is 2.14. The highest BCUT2D eigenvalue weighted by Gasteiger charge is 2.37. The van der Waals surface area contributed by atoms with Crippen LogP contribution in [0.2, 0.25) is 0 Å². The largest absolute Gasteiger partial charge is 0.495 e. The molecule has 1 heterocycles. The number of amides is 1. The molecule has 0 saturated carbocycles. The molecule has 1 amide bonds. The van der Waals surface area contributed by atoms with Gasteiger partial charge in [0.25, 0.3) is 0 Å². The lowest BCUT2D eigenvalue weighted by Gasteiger charge is -2.20. The van der Waals surface area contributed by atoms with Gasteiger partial charge < -0.3 is 19.1 Å². The van der Waals surface area contributed by atoms with E-state index in [1.807, 2.05) is 19.1 Å². The maximum atomic E-state index is 12.5. The Labute approximate surface area is 162 Å². The highest BCUT2D eigenvalue weighted by molar-refractivity contribution is 6.01. The highest BCUT2D eigenvalue weighted by atomic mass is 16.5. The van der Waals surface area contributed by atoms with E-state index in [0.717, 1.165) is 5.56 Å². The fourth-order valence-corrected chi connectivity index (χ4v) is 3.09. The number of nitrogens with zero attached hydrogens (tertiary/aromatic N) is 1. The molecule has 0 N–H and O–H groups in total. The van der Waals surface area contributed by atoms with Gasteiger partial charge in [-0.05, 0) is 48.9 Å². The van der Waals surface area contributed by atoms with Crippen LogP contribution in [0.5, 0.6) is 11.5 Å². The van der Waals surface area contributed by atoms with Gasteiger partial charge in [0.2, 0.25) is 5.91 Å². The van der Waals surface area contributed by atoms with E-state index in [0.29, 0.717) is 22.7 Å². The van der Waals surface area contributed by atoms with Crippen molar-refractivity contribution in [2.45, 2.75) is 13.3 Å². The molecule has 0 aliphatic carbocycles. The van der Waals surface area contributed by atoms with Gasteiger partial charge in [-0.25, -0.2) is 4.79 Å². The van der Waals surface area contributed by atoms with Crippen LogP contribution in [0.25, 0.3) is 0 Å². The Kier molecular flexibility index (Phi) is 5.63. The van der Waals surface area contributed by atoms with E-state index in [-0.39, 0.29) is 18.9 Å². The zero-order valence-electron chi connectivity index (χ0n) is 15.9. The van der Waals surface area contributed by atoms with Gasteiger partial charge in [0.15, 0.2) is 0 Å². The number of benzene rings is 2. The molecule has 1 fully saturated rings. The van der Waals surface area contributed by atoms with Gasteiger partial charge in [0.1, 0.15) is 11.5 Å². The van der Waals surface area contributed by atoms with Crippen molar-refractivity contribution in [1.82, 2.24) is 0 Å². The van der Waals surface area contributed by atoms with Gasteiger partial charge in [-0.1, -0.05) is 6.07 Å². The summed E-state index contributed by atoms with van der Waals surface area (Å²) in [5.41, 5.74) is 1.99. The molecule has 3 rings (SSSR count). The molecule has 2 aromatic rings.